The molecule has 1 nitrogen and oxygen atoms in total. The first-order valence-electron chi connectivity index (χ1n) is 3.67. The molecule has 0 aliphatic heterocycles. The Bertz CT molecular complexity index is 105. The third-order valence-corrected chi connectivity index (χ3v) is 2.70. The van der Waals surface area contributed by atoms with Gasteiger partial charge in [-0.1, -0.05) is 30.9 Å². The zero-order valence-electron chi connectivity index (χ0n) is 6.89. The first-order chi connectivity index (χ1) is 4.76. The molecule has 0 rings (SSSR count). The van der Waals surface area contributed by atoms with Gasteiger partial charge in [-0.05, 0) is 19.6 Å². The van der Waals surface area contributed by atoms with E-state index in [1.165, 1.54) is 0 Å². The van der Waals surface area contributed by atoms with Gasteiger partial charge in [0.05, 0.1) is 0 Å². The molecule has 0 aliphatic carbocycles. The Balaban J connectivity index is 0. The molecule has 0 atom stereocenters. The molecule has 0 bridgehead atoms. The van der Waals surface area contributed by atoms with Crippen LogP contribution in [0.2, 0.25) is 0 Å². The first kappa shape index (κ1) is 14.4. The zero-order valence-corrected chi connectivity index (χ0v) is 8.52. The van der Waals surface area contributed by atoms with Crippen LogP contribution in [0.3, 0.4) is 0 Å². The van der Waals surface area contributed by atoms with E-state index >= 15 is 0 Å². The van der Waals surface area contributed by atoms with Gasteiger partial charge in [0.2, 0.25) is 0 Å². The molecule has 62 valence electrons. The molecule has 0 unspecified atom stereocenters. The van der Waals surface area contributed by atoms with Crippen molar-refractivity contribution in [2.45, 2.75) is 20.8 Å². The van der Waals surface area contributed by atoms with Gasteiger partial charge in [0.15, 0.2) is 0 Å². The summed E-state index contributed by atoms with van der Waals surface area (Å²) in [6, 6.07) is 0. The van der Waals surface area contributed by atoms with Gasteiger partial charge in [0.25, 0.3) is 0 Å². The van der Waals surface area contributed by atoms with Crippen LogP contribution in [0.25, 0.3) is 0 Å². The van der Waals surface area contributed by atoms with Gasteiger partial charge in [-0.2, -0.15) is 0 Å². The van der Waals surface area contributed by atoms with Crippen molar-refractivity contribution >= 4 is 47.2 Å². The monoisotopic (exact) mass is 185 g/mol. The third kappa shape index (κ3) is 6.04. The maximum absolute atomic E-state index is 5.16. The van der Waals surface area contributed by atoms with Crippen molar-refractivity contribution in [3.63, 3.8) is 0 Å². The number of hydrogen-bond donors (Lipinski definition) is 0. The molecule has 11 heavy (non-hydrogen) atoms. The van der Waals surface area contributed by atoms with Crippen molar-refractivity contribution in [3.05, 3.63) is 0 Å². The van der Waals surface area contributed by atoms with Gasteiger partial charge >= 0.3 is 18.9 Å². The molecule has 0 saturated carbocycles. The second-order valence-electron chi connectivity index (χ2n) is 1.87. The zero-order chi connectivity index (χ0) is 7.98. The fourth-order valence-electron chi connectivity index (χ4n) is 0.697. The summed E-state index contributed by atoms with van der Waals surface area (Å²) < 4.78 is 1.03. The summed E-state index contributed by atoms with van der Waals surface area (Å²) in [5.41, 5.74) is 0. The Morgan fingerprint density at radius 1 is 1.27 bits per heavy atom. The summed E-state index contributed by atoms with van der Waals surface area (Å²) in [6.07, 6.45) is 0. The SMILES string of the molecule is CCSC(=S)N(CC)CC.[LiH]. The second kappa shape index (κ2) is 8.93. The summed E-state index contributed by atoms with van der Waals surface area (Å²) in [6.45, 7) is 8.45. The third-order valence-electron chi connectivity index (χ3n) is 1.29. The summed E-state index contributed by atoms with van der Waals surface area (Å²) >= 11 is 6.91. The first-order valence-corrected chi connectivity index (χ1v) is 5.07. The van der Waals surface area contributed by atoms with E-state index in [-0.39, 0.29) is 18.9 Å². The summed E-state index contributed by atoms with van der Waals surface area (Å²) in [4.78, 5) is 2.20. The van der Waals surface area contributed by atoms with Gasteiger partial charge in [0.1, 0.15) is 4.32 Å². The normalized spacial score (nSPS) is 8.64. The van der Waals surface area contributed by atoms with Crippen LogP contribution in [0.4, 0.5) is 0 Å². The second-order valence-corrected chi connectivity index (χ2v) is 3.77. The molecule has 0 radical (unpaired) electrons. The van der Waals surface area contributed by atoms with Crippen LogP contribution in [0.15, 0.2) is 0 Å². The van der Waals surface area contributed by atoms with E-state index in [1.54, 1.807) is 11.8 Å². The average Bonchev–Trinajstić information content (AvgIpc) is 1.91. The number of hydrogen-bond acceptors (Lipinski definition) is 2. The molecule has 0 spiro atoms. The maximum atomic E-state index is 5.16. The Kier molecular flexibility index (Phi) is 11.7. The van der Waals surface area contributed by atoms with Crippen LogP contribution in [-0.4, -0.2) is 46.9 Å². The molecule has 0 aromatic carbocycles. The van der Waals surface area contributed by atoms with Crippen molar-refractivity contribution in [1.82, 2.24) is 4.90 Å². The Labute approximate surface area is 91.5 Å². The van der Waals surface area contributed by atoms with Crippen molar-refractivity contribution in [2.75, 3.05) is 18.8 Å². The fraction of sp³-hybridized carbons (Fsp3) is 0.857. The van der Waals surface area contributed by atoms with Crippen molar-refractivity contribution in [2.24, 2.45) is 0 Å². The average molecular weight is 185 g/mol. The molecule has 0 amide bonds. The molecule has 0 aromatic heterocycles. The Morgan fingerprint density at radius 3 is 2.00 bits per heavy atom. The van der Waals surface area contributed by atoms with Gasteiger partial charge in [-0.15, -0.1) is 0 Å². The molecule has 0 saturated heterocycles. The van der Waals surface area contributed by atoms with E-state index in [4.69, 9.17) is 12.2 Å². The molecular formula is C7H16LiNS2. The minimum absolute atomic E-state index is 0. The predicted octanol–water partition coefficient (Wildman–Crippen LogP) is 1.72. The molecule has 0 aliphatic rings. The van der Waals surface area contributed by atoms with Gasteiger partial charge < -0.3 is 4.90 Å². The van der Waals surface area contributed by atoms with Crippen LogP contribution in [0.5, 0.6) is 0 Å². The molecule has 0 N–H and O–H groups in total. The van der Waals surface area contributed by atoms with Crippen molar-refractivity contribution < 1.29 is 0 Å². The molecular weight excluding hydrogens is 169 g/mol. The van der Waals surface area contributed by atoms with Crippen LogP contribution < -0.4 is 0 Å². The van der Waals surface area contributed by atoms with Gasteiger partial charge in [-0.3, -0.25) is 0 Å². The van der Waals surface area contributed by atoms with Crippen LogP contribution >= 0.6 is 24.0 Å². The predicted molar refractivity (Wildman–Crippen MR) is 60.8 cm³/mol. The van der Waals surface area contributed by atoms with E-state index in [2.05, 4.69) is 25.7 Å². The van der Waals surface area contributed by atoms with E-state index < -0.39 is 0 Å². The molecule has 0 heterocycles. The van der Waals surface area contributed by atoms with Crippen molar-refractivity contribution in [1.29, 1.82) is 0 Å². The van der Waals surface area contributed by atoms with Crippen LogP contribution in [0, 0.1) is 0 Å². The topological polar surface area (TPSA) is 3.24 Å². The van der Waals surface area contributed by atoms with E-state index in [0.717, 1.165) is 23.2 Å². The van der Waals surface area contributed by atoms with Gasteiger partial charge in [-0.25, -0.2) is 0 Å². The number of thioether (sulfide) groups is 1. The van der Waals surface area contributed by atoms with Crippen molar-refractivity contribution in [3.8, 4) is 0 Å². The minimum atomic E-state index is 0. The standard InChI is InChI=1S/C7H15NS2.Li.H/c1-4-8(5-2)7(9)10-6-3;;/h4-6H2,1-3H3;;. The molecule has 0 aromatic rings. The van der Waals surface area contributed by atoms with Gasteiger partial charge in [0, 0.05) is 13.1 Å². The van der Waals surface area contributed by atoms with E-state index in [1.807, 2.05) is 0 Å². The number of nitrogens with zero attached hydrogens (tertiary/aromatic N) is 1. The number of rotatable bonds is 3. The number of thiocarbonyl (C=S) groups is 1. The molecule has 0 fully saturated rings. The quantitative estimate of drug-likeness (QED) is 0.487. The summed E-state index contributed by atoms with van der Waals surface area (Å²) in [7, 11) is 0. The Hall–Kier alpha value is 0.837. The van der Waals surface area contributed by atoms with Crippen LogP contribution in [-0.2, 0) is 0 Å². The summed E-state index contributed by atoms with van der Waals surface area (Å²) in [5, 5.41) is 0. The van der Waals surface area contributed by atoms with Crippen LogP contribution in [0.1, 0.15) is 20.8 Å². The molecule has 4 heteroatoms. The Morgan fingerprint density at radius 2 is 1.73 bits per heavy atom. The van der Waals surface area contributed by atoms with E-state index in [9.17, 15) is 0 Å². The van der Waals surface area contributed by atoms with E-state index in [0.29, 0.717) is 0 Å². The summed E-state index contributed by atoms with van der Waals surface area (Å²) in [5.74, 6) is 1.08. The fourth-order valence-corrected chi connectivity index (χ4v) is 2.00.